The average molecular weight is 364 g/mol. The molecule has 0 aliphatic heterocycles. The lowest BCUT2D eigenvalue weighted by Gasteiger charge is -2.14. The van der Waals surface area contributed by atoms with Gasteiger partial charge in [0.2, 0.25) is 0 Å². The van der Waals surface area contributed by atoms with Gasteiger partial charge in [-0.2, -0.15) is 0 Å². The van der Waals surface area contributed by atoms with Crippen LogP contribution in [0.15, 0.2) is 36.4 Å². The molecule has 0 saturated heterocycles. The lowest BCUT2D eigenvalue weighted by molar-refractivity contribution is -0.140. The Balaban J connectivity index is 2.49. The summed E-state index contributed by atoms with van der Waals surface area (Å²) in [4.78, 5) is 22.5. The van der Waals surface area contributed by atoms with Gasteiger partial charge in [-0.05, 0) is 13.8 Å². The van der Waals surface area contributed by atoms with Gasteiger partial charge in [0.05, 0.1) is 11.4 Å². The second kappa shape index (κ2) is 9.97. The van der Waals surface area contributed by atoms with E-state index >= 15 is 0 Å². The highest BCUT2D eigenvalue weighted by Gasteiger charge is 2.10. The van der Waals surface area contributed by atoms with E-state index in [0.29, 0.717) is 34.0 Å². The van der Waals surface area contributed by atoms with Crippen molar-refractivity contribution in [3.63, 3.8) is 0 Å². The van der Waals surface area contributed by atoms with E-state index in [9.17, 15) is 9.59 Å². The van der Waals surface area contributed by atoms with Crippen molar-refractivity contribution in [1.82, 2.24) is 0 Å². The minimum absolute atomic E-state index is 0.0530. The fourth-order valence-corrected chi connectivity index (χ4v) is 1.66. The molecule has 0 fully saturated rings. The summed E-state index contributed by atoms with van der Waals surface area (Å²) >= 11 is 0. The van der Waals surface area contributed by atoms with Gasteiger partial charge in [0.15, 0.2) is 0 Å². The van der Waals surface area contributed by atoms with E-state index in [1.165, 1.54) is 12.1 Å². The standard InChI is InChI=1S/C18H24N2O6/c1-11(2)17(21)25-7-5-23-15-9-14(20)16(10-13(15)19)24-6-8-26-18(22)12(3)4/h9-10H,1,3,5-8,19-20H2,2,4H3. The molecular formula is C18H24N2O6. The number of benzene rings is 1. The van der Waals surface area contributed by atoms with Crippen LogP contribution in [0.1, 0.15) is 13.8 Å². The van der Waals surface area contributed by atoms with Crippen LogP contribution in [0, 0.1) is 0 Å². The van der Waals surface area contributed by atoms with Crippen molar-refractivity contribution in [3.8, 4) is 11.5 Å². The SMILES string of the molecule is C=C(C)C(=O)OCCOc1cc(N)c(OCCOC(=O)C(=C)C)cc1N. The van der Waals surface area contributed by atoms with Gasteiger partial charge in [-0.25, -0.2) is 9.59 Å². The summed E-state index contributed by atoms with van der Waals surface area (Å²) in [5.74, 6) is -0.292. The summed E-state index contributed by atoms with van der Waals surface area (Å²) < 4.78 is 20.7. The van der Waals surface area contributed by atoms with Crippen LogP contribution in [-0.4, -0.2) is 38.4 Å². The van der Waals surface area contributed by atoms with Crippen molar-refractivity contribution in [2.24, 2.45) is 0 Å². The topological polar surface area (TPSA) is 123 Å². The molecule has 0 heterocycles. The van der Waals surface area contributed by atoms with Crippen LogP contribution >= 0.6 is 0 Å². The molecule has 8 nitrogen and oxygen atoms in total. The van der Waals surface area contributed by atoms with Crippen molar-refractivity contribution in [2.75, 3.05) is 37.9 Å². The molecule has 0 aliphatic carbocycles. The van der Waals surface area contributed by atoms with Crippen LogP contribution in [0.2, 0.25) is 0 Å². The third-order valence-corrected chi connectivity index (χ3v) is 2.99. The second-order valence-corrected chi connectivity index (χ2v) is 5.46. The zero-order chi connectivity index (χ0) is 19.7. The Morgan fingerprint density at radius 1 is 0.808 bits per heavy atom. The van der Waals surface area contributed by atoms with Crippen molar-refractivity contribution < 1.29 is 28.5 Å². The molecule has 0 amide bonds. The smallest absolute Gasteiger partial charge is 0.333 e. The fraction of sp³-hybridized carbons (Fsp3) is 0.333. The number of ether oxygens (including phenoxy) is 4. The number of carbonyl (C=O) groups excluding carboxylic acids is 2. The molecule has 0 spiro atoms. The molecule has 0 unspecified atom stereocenters. The van der Waals surface area contributed by atoms with E-state index in [1.54, 1.807) is 13.8 Å². The zero-order valence-electron chi connectivity index (χ0n) is 15.0. The van der Waals surface area contributed by atoms with Gasteiger partial charge in [-0.15, -0.1) is 0 Å². The molecule has 0 radical (unpaired) electrons. The predicted octanol–water partition coefficient (Wildman–Crippen LogP) is 1.85. The van der Waals surface area contributed by atoms with Gasteiger partial charge in [0.25, 0.3) is 0 Å². The molecule has 0 bridgehead atoms. The van der Waals surface area contributed by atoms with Crippen LogP contribution in [0.25, 0.3) is 0 Å². The lowest BCUT2D eigenvalue weighted by atomic mass is 10.2. The van der Waals surface area contributed by atoms with Crippen LogP contribution < -0.4 is 20.9 Å². The normalized spacial score (nSPS) is 9.92. The summed E-state index contributed by atoms with van der Waals surface area (Å²) in [7, 11) is 0. The van der Waals surface area contributed by atoms with E-state index in [0.717, 1.165) is 0 Å². The van der Waals surface area contributed by atoms with Crippen molar-refractivity contribution >= 4 is 23.3 Å². The van der Waals surface area contributed by atoms with Gasteiger partial charge < -0.3 is 30.4 Å². The maximum absolute atomic E-state index is 11.2. The number of esters is 2. The number of anilines is 2. The Kier molecular flexibility index (Phi) is 8.01. The number of nitrogens with two attached hydrogens (primary N) is 2. The van der Waals surface area contributed by atoms with Gasteiger partial charge in [-0.3, -0.25) is 0 Å². The largest absolute Gasteiger partial charge is 0.488 e. The first-order chi connectivity index (χ1) is 12.2. The number of carbonyl (C=O) groups is 2. The number of nitrogen functional groups attached to an aromatic ring is 2. The summed E-state index contributed by atoms with van der Waals surface area (Å²) in [5, 5.41) is 0. The van der Waals surface area contributed by atoms with Gasteiger partial charge in [-0.1, -0.05) is 13.2 Å². The Morgan fingerprint density at radius 2 is 1.15 bits per heavy atom. The Hall–Kier alpha value is -3.16. The van der Waals surface area contributed by atoms with Crippen molar-refractivity contribution in [1.29, 1.82) is 0 Å². The second-order valence-electron chi connectivity index (χ2n) is 5.46. The molecule has 0 aromatic heterocycles. The first-order valence-electron chi connectivity index (χ1n) is 7.82. The summed E-state index contributed by atoms with van der Waals surface area (Å²) in [5.41, 5.74) is 13.0. The molecular weight excluding hydrogens is 340 g/mol. The summed E-state index contributed by atoms with van der Waals surface area (Å²) in [6.07, 6.45) is 0. The predicted molar refractivity (Wildman–Crippen MR) is 97.8 cm³/mol. The van der Waals surface area contributed by atoms with Crippen LogP contribution in [-0.2, 0) is 19.1 Å². The van der Waals surface area contributed by atoms with E-state index in [-0.39, 0.29) is 26.4 Å². The molecule has 26 heavy (non-hydrogen) atoms. The van der Waals surface area contributed by atoms with Gasteiger partial charge >= 0.3 is 11.9 Å². The van der Waals surface area contributed by atoms with E-state index in [1.807, 2.05) is 0 Å². The third-order valence-electron chi connectivity index (χ3n) is 2.99. The zero-order valence-corrected chi connectivity index (χ0v) is 15.0. The molecule has 8 heteroatoms. The van der Waals surface area contributed by atoms with Crippen LogP contribution in [0.3, 0.4) is 0 Å². The molecule has 1 aromatic carbocycles. The van der Waals surface area contributed by atoms with E-state index in [4.69, 9.17) is 30.4 Å². The van der Waals surface area contributed by atoms with Crippen molar-refractivity contribution in [2.45, 2.75) is 13.8 Å². The highest BCUT2D eigenvalue weighted by molar-refractivity contribution is 5.87. The third kappa shape index (κ3) is 6.76. The van der Waals surface area contributed by atoms with Crippen LogP contribution in [0.4, 0.5) is 11.4 Å². The summed E-state index contributed by atoms with van der Waals surface area (Å²) in [6.45, 7) is 10.4. The quantitative estimate of drug-likeness (QED) is 0.279. The average Bonchev–Trinajstić information content (AvgIpc) is 2.58. The molecule has 1 rings (SSSR count). The molecule has 0 saturated carbocycles. The highest BCUT2D eigenvalue weighted by atomic mass is 16.6. The molecule has 4 N–H and O–H groups in total. The number of hydrogen-bond donors (Lipinski definition) is 2. The monoisotopic (exact) mass is 364 g/mol. The highest BCUT2D eigenvalue weighted by Crippen LogP contribution is 2.32. The maximum Gasteiger partial charge on any atom is 0.333 e. The molecule has 0 aliphatic rings. The molecule has 0 atom stereocenters. The first kappa shape index (κ1) is 20.9. The maximum atomic E-state index is 11.2. The van der Waals surface area contributed by atoms with Crippen LogP contribution in [0.5, 0.6) is 11.5 Å². The summed E-state index contributed by atoms with van der Waals surface area (Å²) in [6, 6.07) is 3.01. The molecule has 1 aromatic rings. The van der Waals surface area contributed by atoms with Gasteiger partial charge in [0.1, 0.15) is 37.9 Å². The number of rotatable bonds is 10. The number of hydrogen-bond acceptors (Lipinski definition) is 8. The Morgan fingerprint density at radius 3 is 1.46 bits per heavy atom. The first-order valence-corrected chi connectivity index (χ1v) is 7.82. The molecule has 142 valence electrons. The minimum Gasteiger partial charge on any atom is -0.488 e. The van der Waals surface area contributed by atoms with E-state index in [2.05, 4.69) is 13.2 Å². The lowest BCUT2D eigenvalue weighted by Crippen LogP contribution is -2.14. The Labute approximate surface area is 152 Å². The van der Waals surface area contributed by atoms with Crippen molar-refractivity contribution in [3.05, 3.63) is 36.4 Å². The van der Waals surface area contributed by atoms with Gasteiger partial charge in [0, 0.05) is 23.3 Å². The fourth-order valence-electron chi connectivity index (χ4n) is 1.66. The van der Waals surface area contributed by atoms with E-state index < -0.39 is 11.9 Å². The Bertz CT molecular complexity index is 639. The minimum atomic E-state index is -0.489.